The fraction of sp³-hybridized carbons (Fsp3) is 0.600. The van der Waals surface area contributed by atoms with Crippen LogP contribution in [0.2, 0.25) is 0 Å². The zero-order valence-corrected chi connectivity index (χ0v) is 14.4. The van der Waals surface area contributed by atoms with Crippen molar-refractivity contribution in [2.24, 2.45) is 0 Å². The van der Waals surface area contributed by atoms with E-state index in [-0.39, 0.29) is 10.6 Å². The third-order valence-corrected chi connectivity index (χ3v) is 7.90. The van der Waals surface area contributed by atoms with Gasteiger partial charge in [0.25, 0.3) is 5.69 Å². The van der Waals surface area contributed by atoms with E-state index in [2.05, 4.69) is 0 Å². The average molecular weight is 356 g/mol. The molecular weight excluding hydrogens is 336 g/mol. The largest absolute Gasteiger partial charge is 0.270 e. The Morgan fingerprint density at radius 3 is 2.39 bits per heavy atom. The Kier molecular flexibility index (Phi) is 4.93. The molecule has 1 saturated heterocycles. The third kappa shape index (κ3) is 3.54. The molecule has 0 N–H and O–H groups in total. The summed E-state index contributed by atoms with van der Waals surface area (Å²) in [5, 5.41) is 11.5. The summed E-state index contributed by atoms with van der Waals surface area (Å²) in [5.41, 5.74) is -0.168. The Hall–Kier alpha value is -1.12. The molecule has 1 aliphatic carbocycles. The quantitative estimate of drug-likeness (QED) is 0.596. The average Bonchev–Trinajstić information content (AvgIpc) is 3.20. The first-order valence-electron chi connectivity index (χ1n) is 7.94. The van der Waals surface area contributed by atoms with Crippen molar-refractivity contribution in [3.05, 3.63) is 28.3 Å². The lowest BCUT2D eigenvalue weighted by Crippen LogP contribution is -2.28. The first-order valence-corrected chi connectivity index (χ1v) is 10.3. The lowest BCUT2D eigenvalue weighted by atomic mass is 10.3. The molecule has 3 rings (SSSR count). The van der Waals surface area contributed by atoms with Gasteiger partial charge in [-0.2, -0.15) is 4.31 Å². The molecule has 1 saturated carbocycles. The van der Waals surface area contributed by atoms with Crippen LogP contribution in [0, 0.1) is 10.1 Å². The van der Waals surface area contributed by atoms with Gasteiger partial charge in [0, 0.05) is 35.4 Å². The van der Waals surface area contributed by atoms with Crippen molar-refractivity contribution in [3.8, 4) is 0 Å². The molecule has 1 heterocycles. The van der Waals surface area contributed by atoms with Gasteiger partial charge >= 0.3 is 0 Å². The Balaban J connectivity index is 1.99. The van der Waals surface area contributed by atoms with E-state index in [1.54, 1.807) is 17.8 Å². The van der Waals surface area contributed by atoms with Crippen molar-refractivity contribution >= 4 is 27.5 Å². The zero-order chi connectivity index (χ0) is 16.4. The Labute approximate surface area is 140 Å². The van der Waals surface area contributed by atoms with E-state index in [0.29, 0.717) is 23.2 Å². The van der Waals surface area contributed by atoms with Gasteiger partial charge in [-0.1, -0.05) is 12.8 Å². The van der Waals surface area contributed by atoms with Gasteiger partial charge in [-0.05, 0) is 31.7 Å². The normalized spacial score (nSPS) is 20.2. The number of benzene rings is 1. The van der Waals surface area contributed by atoms with Gasteiger partial charge in [0.05, 0.1) is 4.92 Å². The molecule has 6 nitrogen and oxygen atoms in total. The molecule has 0 atom stereocenters. The minimum absolute atomic E-state index is 0.102. The van der Waals surface area contributed by atoms with E-state index in [1.807, 2.05) is 0 Å². The van der Waals surface area contributed by atoms with Crippen LogP contribution in [0.25, 0.3) is 0 Å². The van der Waals surface area contributed by atoms with Gasteiger partial charge in [0.15, 0.2) is 0 Å². The van der Waals surface area contributed by atoms with E-state index in [9.17, 15) is 18.5 Å². The number of hydrogen-bond acceptors (Lipinski definition) is 5. The predicted octanol–water partition coefficient (Wildman–Crippen LogP) is 3.41. The monoisotopic (exact) mass is 356 g/mol. The molecule has 0 radical (unpaired) electrons. The van der Waals surface area contributed by atoms with Crippen LogP contribution in [-0.2, 0) is 10.0 Å². The standard InChI is InChI=1S/C15H20N2O4S2/c18-17(19)12-7-8-14(22-13-5-1-2-6-13)15(11-12)23(20,21)16-9-3-4-10-16/h7-8,11,13H,1-6,9-10H2. The third-order valence-electron chi connectivity index (χ3n) is 4.42. The van der Waals surface area contributed by atoms with Crippen LogP contribution in [-0.4, -0.2) is 36.0 Å². The first-order chi connectivity index (χ1) is 11.0. The summed E-state index contributed by atoms with van der Waals surface area (Å²) < 4.78 is 27.2. The number of thioether (sulfide) groups is 1. The van der Waals surface area contributed by atoms with Crippen molar-refractivity contribution in [1.29, 1.82) is 0 Å². The lowest BCUT2D eigenvalue weighted by Gasteiger charge is -2.19. The maximum absolute atomic E-state index is 12.9. The number of hydrogen-bond donors (Lipinski definition) is 0. The predicted molar refractivity (Wildman–Crippen MR) is 89.2 cm³/mol. The molecule has 1 aliphatic heterocycles. The maximum Gasteiger partial charge on any atom is 0.270 e. The molecule has 8 heteroatoms. The van der Waals surface area contributed by atoms with Gasteiger partial charge in [0.2, 0.25) is 10.0 Å². The summed E-state index contributed by atoms with van der Waals surface area (Å²) in [6, 6.07) is 4.23. The second-order valence-electron chi connectivity index (χ2n) is 6.02. The van der Waals surface area contributed by atoms with Crippen LogP contribution < -0.4 is 0 Å². The molecule has 23 heavy (non-hydrogen) atoms. The van der Waals surface area contributed by atoms with Gasteiger partial charge in [-0.3, -0.25) is 10.1 Å². The van der Waals surface area contributed by atoms with E-state index < -0.39 is 14.9 Å². The van der Waals surface area contributed by atoms with Gasteiger partial charge in [-0.25, -0.2) is 8.42 Å². The summed E-state index contributed by atoms with van der Waals surface area (Å²) >= 11 is 1.56. The Morgan fingerprint density at radius 2 is 1.78 bits per heavy atom. The highest BCUT2D eigenvalue weighted by Gasteiger charge is 2.32. The second kappa shape index (κ2) is 6.78. The Morgan fingerprint density at radius 1 is 1.13 bits per heavy atom. The molecule has 1 aromatic rings. The topological polar surface area (TPSA) is 80.5 Å². The van der Waals surface area contributed by atoms with Crippen molar-refractivity contribution in [2.75, 3.05) is 13.1 Å². The van der Waals surface area contributed by atoms with Crippen LogP contribution in [0.5, 0.6) is 0 Å². The van der Waals surface area contributed by atoms with E-state index in [0.717, 1.165) is 25.7 Å². The fourth-order valence-electron chi connectivity index (χ4n) is 3.16. The molecule has 0 unspecified atom stereocenters. The number of rotatable bonds is 5. The fourth-order valence-corrected chi connectivity index (χ4v) is 6.48. The summed E-state index contributed by atoms with van der Waals surface area (Å²) in [4.78, 5) is 11.3. The molecule has 0 bridgehead atoms. The zero-order valence-electron chi connectivity index (χ0n) is 12.8. The van der Waals surface area contributed by atoms with Crippen LogP contribution in [0.3, 0.4) is 0 Å². The first kappa shape index (κ1) is 16.7. The molecule has 1 aromatic carbocycles. The molecule has 2 aliphatic rings. The summed E-state index contributed by atoms with van der Waals surface area (Å²) in [7, 11) is -3.66. The van der Waals surface area contributed by atoms with Gasteiger partial charge in [-0.15, -0.1) is 11.8 Å². The molecule has 0 amide bonds. The number of nitro groups is 1. The van der Waals surface area contributed by atoms with E-state index in [4.69, 9.17) is 0 Å². The van der Waals surface area contributed by atoms with Gasteiger partial charge < -0.3 is 0 Å². The van der Waals surface area contributed by atoms with E-state index >= 15 is 0 Å². The van der Waals surface area contributed by atoms with Crippen molar-refractivity contribution in [3.63, 3.8) is 0 Å². The summed E-state index contributed by atoms with van der Waals surface area (Å²) in [5.74, 6) is 0. The minimum Gasteiger partial charge on any atom is -0.258 e. The molecule has 126 valence electrons. The van der Waals surface area contributed by atoms with Crippen molar-refractivity contribution in [2.45, 2.75) is 53.6 Å². The van der Waals surface area contributed by atoms with Crippen molar-refractivity contribution in [1.82, 2.24) is 4.31 Å². The molecule has 0 spiro atoms. The maximum atomic E-state index is 12.9. The second-order valence-corrected chi connectivity index (χ2v) is 9.27. The van der Waals surface area contributed by atoms with E-state index in [1.165, 1.54) is 29.3 Å². The molecular formula is C15H20N2O4S2. The van der Waals surface area contributed by atoms with Crippen LogP contribution in [0.1, 0.15) is 38.5 Å². The Bertz CT molecular complexity index is 693. The highest BCUT2D eigenvalue weighted by Crippen LogP contribution is 2.40. The number of nitrogens with zero attached hydrogens (tertiary/aromatic N) is 2. The minimum atomic E-state index is -3.66. The number of nitro benzene ring substituents is 1. The summed E-state index contributed by atoms with van der Waals surface area (Å²) in [6.45, 7) is 0.997. The van der Waals surface area contributed by atoms with Gasteiger partial charge in [0.1, 0.15) is 4.90 Å². The smallest absolute Gasteiger partial charge is 0.258 e. The highest BCUT2D eigenvalue weighted by molar-refractivity contribution is 8.00. The SMILES string of the molecule is O=[N+]([O-])c1ccc(SC2CCCC2)c(S(=O)(=O)N2CCCC2)c1. The number of non-ortho nitro benzene ring substituents is 1. The van der Waals surface area contributed by atoms with Crippen LogP contribution in [0.15, 0.2) is 28.0 Å². The summed E-state index contributed by atoms with van der Waals surface area (Å²) in [6.07, 6.45) is 6.17. The molecule has 2 fully saturated rings. The van der Waals surface area contributed by atoms with Crippen LogP contribution >= 0.6 is 11.8 Å². The highest BCUT2D eigenvalue weighted by atomic mass is 32.2. The van der Waals surface area contributed by atoms with Crippen LogP contribution in [0.4, 0.5) is 5.69 Å². The lowest BCUT2D eigenvalue weighted by molar-refractivity contribution is -0.385. The number of sulfonamides is 1. The van der Waals surface area contributed by atoms with Crippen molar-refractivity contribution < 1.29 is 13.3 Å². The molecule has 0 aromatic heterocycles.